The molecule has 2 saturated heterocycles. The van der Waals surface area contributed by atoms with Gasteiger partial charge in [-0.2, -0.15) is 0 Å². The lowest BCUT2D eigenvalue weighted by Gasteiger charge is -2.39. The number of carbonyl (C=O) groups is 1. The van der Waals surface area contributed by atoms with Crippen molar-refractivity contribution in [3.8, 4) is 0 Å². The molecule has 2 aromatic rings. The third-order valence-corrected chi connectivity index (χ3v) is 6.00. The van der Waals surface area contributed by atoms with E-state index >= 15 is 0 Å². The average Bonchev–Trinajstić information content (AvgIpc) is 2.79. The van der Waals surface area contributed by atoms with Crippen LogP contribution in [0.5, 0.6) is 0 Å². The van der Waals surface area contributed by atoms with Gasteiger partial charge in [-0.15, -0.1) is 0 Å². The van der Waals surface area contributed by atoms with Gasteiger partial charge in [0.25, 0.3) is 0 Å². The Balaban J connectivity index is 1.55. The quantitative estimate of drug-likeness (QED) is 0.728. The van der Waals surface area contributed by atoms with Crippen LogP contribution in [-0.4, -0.2) is 41.7 Å². The summed E-state index contributed by atoms with van der Waals surface area (Å²) in [6.45, 7) is 4.68. The van der Waals surface area contributed by atoms with Crippen molar-refractivity contribution in [1.82, 2.24) is 4.90 Å². The summed E-state index contributed by atoms with van der Waals surface area (Å²) >= 11 is 0. The van der Waals surface area contributed by atoms with Gasteiger partial charge in [0.1, 0.15) is 0 Å². The zero-order valence-electron chi connectivity index (χ0n) is 18.1. The third kappa shape index (κ3) is 5.92. The van der Waals surface area contributed by atoms with Gasteiger partial charge in [-0.05, 0) is 49.2 Å². The second kappa shape index (κ2) is 10.4. The molecular weight excluding hydrogens is 392 g/mol. The number of anilines is 1. The molecule has 2 N–H and O–H groups in total. The van der Waals surface area contributed by atoms with Gasteiger partial charge in [-0.1, -0.05) is 42.8 Å². The van der Waals surface area contributed by atoms with E-state index in [1.54, 1.807) is 0 Å². The molecule has 0 spiro atoms. The van der Waals surface area contributed by atoms with Crippen LogP contribution in [0.1, 0.15) is 61.7 Å². The van der Waals surface area contributed by atoms with E-state index in [1.807, 2.05) is 48.5 Å². The number of carbonyl (C=O) groups excluding carboxylic acids is 1. The Kier molecular flexibility index (Phi) is 7.35. The van der Waals surface area contributed by atoms with E-state index in [-0.39, 0.29) is 24.7 Å². The first-order chi connectivity index (χ1) is 15.1. The number of nitrogens with one attached hydrogen (secondary N) is 1. The molecule has 0 radical (unpaired) electrons. The van der Waals surface area contributed by atoms with Gasteiger partial charge in [0.05, 0.1) is 18.8 Å². The van der Waals surface area contributed by atoms with Crippen LogP contribution in [-0.2, 0) is 20.9 Å². The van der Waals surface area contributed by atoms with E-state index in [0.29, 0.717) is 0 Å². The van der Waals surface area contributed by atoms with E-state index in [1.165, 1.54) is 26.2 Å². The Morgan fingerprint density at radius 2 is 1.84 bits per heavy atom. The van der Waals surface area contributed by atoms with Gasteiger partial charge in [0.15, 0.2) is 6.29 Å². The van der Waals surface area contributed by atoms with Gasteiger partial charge in [0.2, 0.25) is 5.91 Å². The van der Waals surface area contributed by atoms with Crippen LogP contribution in [0.4, 0.5) is 5.69 Å². The molecule has 166 valence electrons. The van der Waals surface area contributed by atoms with Crippen LogP contribution >= 0.6 is 0 Å². The van der Waals surface area contributed by atoms with Crippen LogP contribution in [0.2, 0.25) is 0 Å². The lowest BCUT2D eigenvalue weighted by Crippen LogP contribution is -2.41. The maximum atomic E-state index is 11.5. The molecule has 2 heterocycles. The summed E-state index contributed by atoms with van der Waals surface area (Å²) in [6, 6.07) is 15.6. The molecule has 2 fully saturated rings. The predicted octanol–water partition coefficient (Wildman–Crippen LogP) is 4.17. The SMILES string of the molecule is CC(=O)Nc1cccc([C@@H]2O[C@H](CN3CCCCC3)C[C@H](c3ccc(CO)cc3)O2)c1. The second-order valence-electron chi connectivity index (χ2n) is 8.52. The minimum absolute atomic E-state index is 0.0328. The molecule has 0 unspecified atom stereocenters. The van der Waals surface area contributed by atoms with Crippen LogP contribution in [0.3, 0.4) is 0 Å². The minimum atomic E-state index is -0.500. The van der Waals surface area contributed by atoms with Crippen molar-refractivity contribution in [1.29, 1.82) is 0 Å². The molecule has 31 heavy (non-hydrogen) atoms. The fourth-order valence-electron chi connectivity index (χ4n) is 4.43. The molecule has 0 saturated carbocycles. The first-order valence-electron chi connectivity index (χ1n) is 11.2. The van der Waals surface area contributed by atoms with Gasteiger partial charge >= 0.3 is 0 Å². The maximum absolute atomic E-state index is 11.5. The molecule has 2 aliphatic heterocycles. The zero-order chi connectivity index (χ0) is 21.6. The summed E-state index contributed by atoms with van der Waals surface area (Å²) in [5, 5.41) is 12.2. The molecule has 0 aliphatic carbocycles. The molecular formula is C25H32N2O4. The third-order valence-electron chi connectivity index (χ3n) is 6.00. The molecule has 0 aromatic heterocycles. The fraction of sp³-hybridized carbons (Fsp3) is 0.480. The van der Waals surface area contributed by atoms with Crippen LogP contribution in [0.15, 0.2) is 48.5 Å². The Labute approximate surface area is 184 Å². The zero-order valence-corrected chi connectivity index (χ0v) is 18.1. The van der Waals surface area contributed by atoms with E-state index < -0.39 is 6.29 Å². The Morgan fingerprint density at radius 1 is 1.06 bits per heavy atom. The number of rotatable bonds is 6. The van der Waals surface area contributed by atoms with Crippen molar-refractivity contribution < 1.29 is 19.4 Å². The number of benzene rings is 2. The lowest BCUT2D eigenvalue weighted by atomic mass is 9.99. The van der Waals surface area contributed by atoms with E-state index in [4.69, 9.17) is 9.47 Å². The molecule has 4 rings (SSSR count). The smallest absolute Gasteiger partial charge is 0.221 e. The molecule has 6 nitrogen and oxygen atoms in total. The molecule has 1 amide bonds. The Hall–Kier alpha value is -2.25. The topological polar surface area (TPSA) is 71.0 Å². The van der Waals surface area contributed by atoms with Gasteiger partial charge in [0, 0.05) is 31.1 Å². The number of aliphatic hydroxyl groups is 1. The molecule has 0 bridgehead atoms. The summed E-state index contributed by atoms with van der Waals surface area (Å²) < 4.78 is 12.8. The number of hydrogen-bond donors (Lipinski definition) is 2. The van der Waals surface area contributed by atoms with Crippen molar-refractivity contribution >= 4 is 11.6 Å². The van der Waals surface area contributed by atoms with Crippen molar-refractivity contribution in [3.63, 3.8) is 0 Å². The number of nitrogens with zero attached hydrogens (tertiary/aromatic N) is 1. The average molecular weight is 425 g/mol. The summed E-state index contributed by atoms with van der Waals surface area (Å²) in [4.78, 5) is 14.0. The summed E-state index contributed by atoms with van der Waals surface area (Å²) in [7, 11) is 0. The number of aliphatic hydroxyl groups excluding tert-OH is 1. The molecule has 3 atom stereocenters. The number of likely N-dealkylation sites (tertiary alicyclic amines) is 1. The molecule has 2 aliphatic rings. The normalized spacial score (nSPS) is 24.6. The minimum Gasteiger partial charge on any atom is -0.392 e. The Bertz CT molecular complexity index is 864. The van der Waals surface area contributed by atoms with Gasteiger partial charge in [-0.25, -0.2) is 0 Å². The largest absolute Gasteiger partial charge is 0.392 e. The van der Waals surface area contributed by atoms with E-state index in [2.05, 4.69) is 10.2 Å². The van der Waals surface area contributed by atoms with Gasteiger partial charge in [-0.3, -0.25) is 4.79 Å². The fourth-order valence-corrected chi connectivity index (χ4v) is 4.43. The number of piperidine rings is 1. The molecule has 2 aromatic carbocycles. The summed E-state index contributed by atoms with van der Waals surface area (Å²) in [5.74, 6) is -0.104. The highest BCUT2D eigenvalue weighted by atomic mass is 16.7. The van der Waals surface area contributed by atoms with E-state index in [9.17, 15) is 9.90 Å². The van der Waals surface area contributed by atoms with Crippen molar-refractivity contribution in [2.45, 2.75) is 57.7 Å². The van der Waals surface area contributed by atoms with Crippen molar-refractivity contribution in [2.75, 3.05) is 25.0 Å². The first kappa shape index (κ1) is 22.0. The van der Waals surface area contributed by atoms with Crippen molar-refractivity contribution in [3.05, 3.63) is 65.2 Å². The van der Waals surface area contributed by atoms with E-state index in [0.717, 1.165) is 48.4 Å². The monoisotopic (exact) mass is 424 g/mol. The Morgan fingerprint density at radius 3 is 2.55 bits per heavy atom. The predicted molar refractivity (Wildman–Crippen MR) is 119 cm³/mol. The summed E-state index contributed by atoms with van der Waals surface area (Å²) in [5.41, 5.74) is 3.61. The molecule has 6 heteroatoms. The standard InChI is InChI=1S/C25H32N2O4/c1-18(29)26-22-7-5-6-21(14-22)25-30-23(16-27-12-3-2-4-13-27)15-24(31-25)20-10-8-19(17-28)9-11-20/h5-11,14,23-25,28H,2-4,12-13,15-17H2,1H3,(H,26,29)/t23-,24+,25+/m0/s1. The maximum Gasteiger partial charge on any atom is 0.221 e. The first-order valence-corrected chi connectivity index (χ1v) is 11.2. The van der Waals surface area contributed by atoms with Crippen LogP contribution in [0, 0.1) is 0 Å². The lowest BCUT2D eigenvalue weighted by molar-refractivity contribution is -0.253. The highest BCUT2D eigenvalue weighted by molar-refractivity contribution is 5.88. The number of amides is 1. The highest BCUT2D eigenvalue weighted by Gasteiger charge is 2.33. The highest BCUT2D eigenvalue weighted by Crippen LogP contribution is 2.38. The van der Waals surface area contributed by atoms with Crippen LogP contribution in [0.25, 0.3) is 0 Å². The number of ether oxygens (including phenoxy) is 2. The van der Waals surface area contributed by atoms with Crippen molar-refractivity contribution in [2.24, 2.45) is 0 Å². The van der Waals surface area contributed by atoms with Crippen LogP contribution < -0.4 is 5.32 Å². The number of hydrogen-bond acceptors (Lipinski definition) is 5. The second-order valence-corrected chi connectivity index (χ2v) is 8.52. The van der Waals surface area contributed by atoms with Gasteiger partial charge < -0.3 is 24.8 Å². The summed E-state index contributed by atoms with van der Waals surface area (Å²) in [6.07, 6.45) is 4.06.